The molecule has 1 aromatic heterocycles. The van der Waals surface area contributed by atoms with Gasteiger partial charge in [-0.05, 0) is 18.4 Å². The zero-order chi connectivity index (χ0) is 25.0. The van der Waals surface area contributed by atoms with Gasteiger partial charge < -0.3 is 25.3 Å². The fourth-order valence-corrected chi connectivity index (χ4v) is 4.77. The topological polar surface area (TPSA) is 151 Å². The average Bonchev–Trinajstić information content (AvgIpc) is 3.51. The summed E-state index contributed by atoms with van der Waals surface area (Å²) in [6.45, 7) is 0.231. The molecule has 4 amide bonds. The van der Waals surface area contributed by atoms with Gasteiger partial charge in [0, 0.05) is 38.3 Å². The number of benzene rings is 1. The maximum Gasteiger partial charge on any atom is 0.332 e. The van der Waals surface area contributed by atoms with Crippen LogP contribution in [0, 0.1) is 0 Å². The molecule has 2 saturated heterocycles. The lowest BCUT2D eigenvalue weighted by Crippen LogP contribution is -2.60. The molecule has 0 spiro atoms. The second-order valence-corrected chi connectivity index (χ2v) is 9.10. The van der Waals surface area contributed by atoms with Gasteiger partial charge in [0.05, 0.1) is 24.8 Å². The van der Waals surface area contributed by atoms with E-state index in [-0.39, 0.29) is 31.8 Å². The number of nitrogens with zero attached hydrogens (tertiary/aromatic N) is 3. The first-order valence-electron chi connectivity index (χ1n) is 11.6. The molecule has 4 rings (SSSR count). The quantitative estimate of drug-likeness (QED) is 0.460. The summed E-state index contributed by atoms with van der Waals surface area (Å²) in [7, 11) is 1.54. The number of esters is 1. The minimum atomic E-state index is -1.23. The number of nitrogens with one attached hydrogen (secondary N) is 2. The van der Waals surface area contributed by atoms with Crippen molar-refractivity contribution in [3.05, 3.63) is 54.1 Å². The largest absolute Gasteiger partial charge is 0.462 e. The number of imide groups is 1. The Hall–Kier alpha value is -3.73. The highest BCUT2D eigenvalue weighted by molar-refractivity contribution is 5.97. The van der Waals surface area contributed by atoms with Crippen LogP contribution in [0.15, 0.2) is 42.9 Å². The van der Waals surface area contributed by atoms with E-state index in [1.54, 1.807) is 18.1 Å². The number of hydrogen-bond donors (Lipinski definition) is 3. The number of aromatic nitrogens is 2. The van der Waals surface area contributed by atoms with Crippen LogP contribution in [0.4, 0.5) is 4.79 Å². The SMILES string of the molecule is CN1C(=O)NC(=O)CC1COC(=O)[C@]1(Cc2ccccc2)CCCN1C(=O)[C@@H](N)Cc1cnc[nH]1. The summed E-state index contributed by atoms with van der Waals surface area (Å²) in [6, 6.07) is 7.46. The maximum atomic E-state index is 13.7. The van der Waals surface area contributed by atoms with Gasteiger partial charge >= 0.3 is 12.0 Å². The molecule has 2 aliphatic heterocycles. The lowest BCUT2D eigenvalue weighted by Gasteiger charge is -2.39. The van der Waals surface area contributed by atoms with E-state index in [1.165, 1.54) is 11.2 Å². The van der Waals surface area contributed by atoms with Crippen LogP contribution in [0.3, 0.4) is 0 Å². The Morgan fingerprint density at radius 3 is 2.77 bits per heavy atom. The maximum absolute atomic E-state index is 13.7. The van der Waals surface area contributed by atoms with Crippen LogP contribution in [0.25, 0.3) is 0 Å². The molecule has 0 bridgehead atoms. The molecule has 0 radical (unpaired) electrons. The molecule has 11 nitrogen and oxygen atoms in total. The van der Waals surface area contributed by atoms with Gasteiger partial charge in [-0.15, -0.1) is 0 Å². The fourth-order valence-electron chi connectivity index (χ4n) is 4.77. The first-order chi connectivity index (χ1) is 16.8. The lowest BCUT2D eigenvalue weighted by molar-refractivity contribution is -0.164. The number of aromatic amines is 1. The van der Waals surface area contributed by atoms with Crippen molar-refractivity contribution in [1.82, 2.24) is 25.1 Å². The van der Waals surface area contributed by atoms with Crippen molar-refractivity contribution in [3.63, 3.8) is 0 Å². The third kappa shape index (κ3) is 5.19. The Balaban J connectivity index is 1.55. The molecular weight excluding hydrogens is 452 g/mol. The molecule has 2 fully saturated rings. The minimum absolute atomic E-state index is 0.0267. The molecule has 1 aromatic carbocycles. The molecule has 3 atom stereocenters. The Morgan fingerprint density at radius 2 is 2.06 bits per heavy atom. The third-order valence-corrected chi connectivity index (χ3v) is 6.73. The first kappa shape index (κ1) is 24.4. The normalized spacial score (nSPS) is 23.2. The highest BCUT2D eigenvalue weighted by atomic mass is 16.5. The van der Waals surface area contributed by atoms with Crippen LogP contribution in [0.1, 0.15) is 30.5 Å². The van der Waals surface area contributed by atoms with Gasteiger partial charge in [0.25, 0.3) is 0 Å². The second-order valence-electron chi connectivity index (χ2n) is 9.10. The fraction of sp³-hybridized carbons (Fsp3) is 0.458. The summed E-state index contributed by atoms with van der Waals surface area (Å²) in [6.07, 6.45) is 4.73. The van der Waals surface area contributed by atoms with E-state index in [1.807, 2.05) is 30.3 Å². The van der Waals surface area contributed by atoms with Gasteiger partial charge in [0.15, 0.2) is 0 Å². The molecule has 3 heterocycles. The Kier molecular flexibility index (Phi) is 7.15. The predicted molar refractivity (Wildman–Crippen MR) is 125 cm³/mol. The van der Waals surface area contributed by atoms with Crippen molar-refractivity contribution in [3.8, 4) is 0 Å². The number of imidazole rings is 1. The number of amides is 4. The van der Waals surface area contributed by atoms with E-state index < -0.39 is 35.5 Å². The summed E-state index contributed by atoms with van der Waals surface area (Å²) in [5.41, 5.74) is 6.64. The molecule has 0 aliphatic carbocycles. The van der Waals surface area contributed by atoms with E-state index in [4.69, 9.17) is 10.5 Å². The molecular formula is C24H30N6O5. The van der Waals surface area contributed by atoms with Gasteiger partial charge in [-0.2, -0.15) is 0 Å². The monoisotopic (exact) mass is 482 g/mol. The zero-order valence-corrected chi connectivity index (χ0v) is 19.6. The highest BCUT2D eigenvalue weighted by Gasteiger charge is 2.52. The number of rotatable bonds is 8. The first-order valence-corrected chi connectivity index (χ1v) is 11.6. The van der Waals surface area contributed by atoms with Crippen LogP contribution < -0.4 is 11.1 Å². The van der Waals surface area contributed by atoms with Gasteiger partial charge in [-0.3, -0.25) is 14.9 Å². The molecule has 2 aromatic rings. The molecule has 2 aliphatic rings. The Bertz CT molecular complexity index is 1080. The number of urea groups is 1. The number of ether oxygens (including phenoxy) is 1. The van der Waals surface area contributed by atoms with Crippen molar-refractivity contribution in [2.24, 2.45) is 5.73 Å². The molecule has 4 N–H and O–H groups in total. The number of nitrogens with two attached hydrogens (primary N) is 1. The summed E-state index contributed by atoms with van der Waals surface area (Å²) < 4.78 is 5.71. The van der Waals surface area contributed by atoms with Crippen molar-refractivity contribution in [2.75, 3.05) is 20.2 Å². The molecule has 0 saturated carbocycles. The van der Waals surface area contributed by atoms with Crippen molar-refractivity contribution >= 4 is 23.8 Å². The minimum Gasteiger partial charge on any atom is -0.462 e. The standard InChI is InChI=1S/C24H30N6O5/c1-29-18(11-20(31)28-23(29)34)14-35-22(33)24(12-16-6-3-2-4-7-16)8-5-9-30(24)21(32)19(25)10-17-13-26-15-27-17/h2-4,6-7,13,15,18-19H,5,8-12,14,25H2,1H3,(H,26,27)(H,28,31,34)/t18?,19-,24+/m0/s1. The number of hydrogen-bond acceptors (Lipinski definition) is 7. The van der Waals surface area contributed by atoms with Crippen molar-refractivity contribution in [2.45, 2.75) is 49.7 Å². The van der Waals surface area contributed by atoms with Crippen LogP contribution in [0.2, 0.25) is 0 Å². The molecule has 1 unspecified atom stereocenters. The molecule has 35 heavy (non-hydrogen) atoms. The summed E-state index contributed by atoms with van der Waals surface area (Å²) in [4.78, 5) is 60.7. The van der Waals surface area contributed by atoms with Gasteiger partial charge in [-0.1, -0.05) is 30.3 Å². The Morgan fingerprint density at radius 1 is 1.29 bits per heavy atom. The van der Waals surface area contributed by atoms with Crippen LogP contribution in [-0.2, 0) is 32.0 Å². The number of carbonyl (C=O) groups is 4. The van der Waals surface area contributed by atoms with E-state index in [0.29, 0.717) is 19.4 Å². The van der Waals surface area contributed by atoms with Gasteiger partial charge in [0.2, 0.25) is 11.8 Å². The van der Waals surface area contributed by atoms with E-state index in [9.17, 15) is 19.2 Å². The average molecular weight is 483 g/mol. The summed E-state index contributed by atoms with van der Waals surface area (Å²) in [5.74, 6) is -1.32. The number of H-pyrrole nitrogens is 1. The second kappa shape index (κ2) is 10.3. The Labute approximate surface area is 203 Å². The zero-order valence-electron chi connectivity index (χ0n) is 19.6. The van der Waals surface area contributed by atoms with Crippen LogP contribution in [-0.4, -0.2) is 81.4 Å². The predicted octanol–water partition coefficient (Wildman–Crippen LogP) is 0.367. The van der Waals surface area contributed by atoms with Crippen molar-refractivity contribution in [1.29, 1.82) is 0 Å². The summed E-state index contributed by atoms with van der Waals surface area (Å²) >= 11 is 0. The van der Waals surface area contributed by atoms with E-state index in [2.05, 4.69) is 15.3 Å². The van der Waals surface area contributed by atoms with Crippen LogP contribution in [0.5, 0.6) is 0 Å². The van der Waals surface area contributed by atoms with E-state index in [0.717, 1.165) is 11.3 Å². The van der Waals surface area contributed by atoms with Gasteiger partial charge in [0.1, 0.15) is 12.1 Å². The number of carbonyl (C=O) groups excluding carboxylic acids is 4. The van der Waals surface area contributed by atoms with Crippen LogP contribution >= 0.6 is 0 Å². The number of likely N-dealkylation sites (tertiary alicyclic amines) is 1. The van der Waals surface area contributed by atoms with E-state index >= 15 is 0 Å². The molecule has 186 valence electrons. The lowest BCUT2D eigenvalue weighted by atomic mass is 9.87. The number of likely N-dealkylation sites (N-methyl/N-ethyl adjacent to an activating group) is 1. The summed E-state index contributed by atoms with van der Waals surface area (Å²) in [5, 5.41) is 2.23. The smallest absolute Gasteiger partial charge is 0.332 e. The van der Waals surface area contributed by atoms with Gasteiger partial charge in [-0.25, -0.2) is 14.6 Å². The highest BCUT2D eigenvalue weighted by Crippen LogP contribution is 2.35. The van der Waals surface area contributed by atoms with Crippen molar-refractivity contribution < 1.29 is 23.9 Å². The molecule has 11 heteroatoms. The third-order valence-electron chi connectivity index (χ3n) is 6.73.